The number of aliphatic hydroxyl groups excluding tert-OH is 4. The van der Waals surface area contributed by atoms with Crippen molar-refractivity contribution in [2.24, 2.45) is 23.5 Å². The summed E-state index contributed by atoms with van der Waals surface area (Å²) in [5, 5.41) is 59.2. The van der Waals surface area contributed by atoms with E-state index in [2.05, 4.69) is 10.6 Å². The number of allylic oxidation sites excluding steroid dienone is 1. The predicted octanol–water partition coefficient (Wildman–Crippen LogP) is -1.37. The molecule has 0 aromatic carbocycles. The molecule has 3 fully saturated rings. The van der Waals surface area contributed by atoms with Gasteiger partial charge in [-0.2, -0.15) is 0 Å². The fraction of sp³-hybridized carbons (Fsp3) is 0.857. The molecule has 3 aliphatic rings. The number of aliphatic hydroxyl groups is 5. The van der Waals surface area contributed by atoms with E-state index in [1.807, 2.05) is 19.9 Å². The van der Waals surface area contributed by atoms with Crippen LogP contribution in [0.25, 0.3) is 0 Å². The van der Waals surface area contributed by atoms with Crippen LogP contribution in [0.3, 0.4) is 0 Å². The molecular formula is C28H49N3O10. The number of amides is 2. The smallest absolute Gasteiger partial charge is 0.242 e. The van der Waals surface area contributed by atoms with Crippen molar-refractivity contribution in [2.45, 2.75) is 127 Å². The summed E-state index contributed by atoms with van der Waals surface area (Å²) >= 11 is 0. The summed E-state index contributed by atoms with van der Waals surface area (Å²) in [5.74, 6) is -4.15. The molecule has 0 spiro atoms. The highest BCUT2D eigenvalue weighted by molar-refractivity contribution is 5.90. The molecule has 13 heteroatoms. The first-order valence-electron chi connectivity index (χ1n) is 14.6. The van der Waals surface area contributed by atoms with Crippen LogP contribution in [0.1, 0.15) is 60.3 Å². The Hall–Kier alpha value is -1.68. The topological polar surface area (TPSA) is 213 Å². The molecule has 0 aromatic rings. The zero-order valence-electron chi connectivity index (χ0n) is 24.6. The molecule has 2 amide bonds. The molecular weight excluding hydrogens is 538 g/mol. The van der Waals surface area contributed by atoms with Crippen LogP contribution in [-0.4, -0.2) is 111 Å². The maximum Gasteiger partial charge on any atom is 0.242 e. The average molecular weight is 588 g/mol. The van der Waals surface area contributed by atoms with Gasteiger partial charge < -0.3 is 56.1 Å². The third-order valence-corrected chi connectivity index (χ3v) is 8.06. The summed E-state index contributed by atoms with van der Waals surface area (Å²) in [6.07, 6.45) is -5.27. The zero-order chi connectivity index (χ0) is 30.6. The standard InChI is InChI=1S/C28H49N3O10/c1-13(2)6-7-16(40-27-24(35)22(29)23(34)15(5)39-27)10-20-21(26(37)31-17-8-9-30-25(17)36)19(33)12-28(38,41-20)11-18(32)14(3)4/h6-7,13-24,27,32-35,38H,8-12,29H2,1-5H3,(H,30,36)(H,31,37)/b7-6+/t15?,16?,17-,18?,19+,20+,21?,22?,23?,24?,27?,28?/m1/s1. The number of rotatable bonds is 11. The second kappa shape index (κ2) is 14.2. The highest BCUT2D eigenvalue weighted by Crippen LogP contribution is 2.38. The van der Waals surface area contributed by atoms with Gasteiger partial charge in [0.2, 0.25) is 11.8 Å². The molecule has 12 atom stereocenters. The fourth-order valence-electron chi connectivity index (χ4n) is 5.45. The summed E-state index contributed by atoms with van der Waals surface area (Å²) in [6, 6.07) is -1.78. The van der Waals surface area contributed by atoms with Crippen LogP contribution in [-0.2, 0) is 23.8 Å². The third-order valence-electron chi connectivity index (χ3n) is 8.06. The first kappa shape index (κ1) is 33.8. The van der Waals surface area contributed by atoms with Gasteiger partial charge in [-0.15, -0.1) is 0 Å². The van der Waals surface area contributed by atoms with E-state index in [1.165, 1.54) is 0 Å². The first-order valence-corrected chi connectivity index (χ1v) is 14.6. The molecule has 9 unspecified atom stereocenters. The lowest BCUT2D eigenvalue weighted by atomic mass is 9.81. The normalized spacial score (nSPS) is 39.7. The lowest BCUT2D eigenvalue weighted by Gasteiger charge is -2.46. The molecule has 3 rings (SSSR count). The number of hydrogen-bond acceptors (Lipinski definition) is 11. The molecule has 0 radical (unpaired) electrons. The molecule has 13 nitrogen and oxygen atoms in total. The summed E-state index contributed by atoms with van der Waals surface area (Å²) in [4.78, 5) is 25.6. The van der Waals surface area contributed by atoms with E-state index in [0.717, 1.165) is 0 Å². The molecule has 0 aromatic heterocycles. The van der Waals surface area contributed by atoms with Crippen LogP contribution >= 0.6 is 0 Å². The van der Waals surface area contributed by atoms with E-state index in [9.17, 15) is 35.1 Å². The van der Waals surface area contributed by atoms with Gasteiger partial charge >= 0.3 is 0 Å². The molecule has 3 aliphatic heterocycles. The molecule has 0 aliphatic carbocycles. The summed E-state index contributed by atoms with van der Waals surface area (Å²) in [5.41, 5.74) is 5.98. The van der Waals surface area contributed by atoms with Crippen LogP contribution in [0, 0.1) is 17.8 Å². The number of nitrogens with two attached hydrogens (primary N) is 1. The Balaban J connectivity index is 1.89. The van der Waals surface area contributed by atoms with Crippen molar-refractivity contribution in [3.63, 3.8) is 0 Å². The van der Waals surface area contributed by atoms with E-state index in [0.29, 0.717) is 13.0 Å². The lowest BCUT2D eigenvalue weighted by Crippen LogP contribution is -2.62. The van der Waals surface area contributed by atoms with E-state index in [-0.39, 0.29) is 37.0 Å². The van der Waals surface area contributed by atoms with Gasteiger partial charge in [0.25, 0.3) is 0 Å². The minimum absolute atomic E-state index is 0.0614. The van der Waals surface area contributed by atoms with Crippen LogP contribution in [0.2, 0.25) is 0 Å². The quantitative estimate of drug-likeness (QED) is 0.132. The predicted molar refractivity (Wildman–Crippen MR) is 147 cm³/mol. The van der Waals surface area contributed by atoms with Crippen molar-refractivity contribution in [1.82, 2.24) is 10.6 Å². The van der Waals surface area contributed by atoms with Crippen LogP contribution in [0.5, 0.6) is 0 Å². The van der Waals surface area contributed by atoms with Crippen LogP contribution < -0.4 is 16.4 Å². The van der Waals surface area contributed by atoms with Gasteiger partial charge in [-0.05, 0) is 25.2 Å². The molecule has 0 bridgehead atoms. The van der Waals surface area contributed by atoms with Gasteiger partial charge in [0.1, 0.15) is 12.1 Å². The lowest BCUT2D eigenvalue weighted by molar-refractivity contribution is -0.307. The highest BCUT2D eigenvalue weighted by atomic mass is 16.7. The number of ether oxygens (including phenoxy) is 3. The van der Waals surface area contributed by atoms with Crippen molar-refractivity contribution < 1.29 is 49.3 Å². The fourth-order valence-corrected chi connectivity index (χ4v) is 5.45. The van der Waals surface area contributed by atoms with Crippen molar-refractivity contribution in [1.29, 1.82) is 0 Å². The summed E-state index contributed by atoms with van der Waals surface area (Å²) in [6.45, 7) is 9.48. The van der Waals surface area contributed by atoms with E-state index >= 15 is 0 Å². The van der Waals surface area contributed by atoms with Crippen molar-refractivity contribution in [3.8, 4) is 0 Å². The van der Waals surface area contributed by atoms with Crippen molar-refractivity contribution in [3.05, 3.63) is 12.2 Å². The molecule has 0 saturated carbocycles. The van der Waals surface area contributed by atoms with E-state index in [4.69, 9.17) is 19.9 Å². The molecule has 236 valence electrons. The zero-order valence-corrected chi connectivity index (χ0v) is 24.6. The number of carbonyl (C=O) groups is 2. The van der Waals surface area contributed by atoms with Gasteiger partial charge in [0.15, 0.2) is 12.1 Å². The summed E-state index contributed by atoms with van der Waals surface area (Å²) in [7, 11) is 0. The summed E-state index contributed by atoms with van der Waals surface area (Å²) < 4.78 is 17.9. The Morgan fingerprint density at radius 1 is 1.22 bits per heavy atom. The molecule has 3 saturated heterocycles. The minimum Gasteiger partial charge on any atom is -0.393 e. The van der Waals surface area contributed by atoms with E-state index in [1.54, 1.807) is 26.8 Å². The van der Waals surface area contributed by atoms with E-state index < -0.39 is 78.7 Å². The maximum absolute atomic E-state index is 13.4. The van der Waals surface area contributed by atoms with Crippen molar-refractivity contribution >= 4 is 11.8 Å². The highest BCUT2D eigenvalue weighted by Gasteiger charge is 2.51. The Labute approximate surface area is 241 Å². The first-order chi connectivity index (χ1) is 19.1. The third kappa shape index (κ3) is 8.68. The average Bonchev–Trinajstić information content (AvgIpc) is 3.27. The van der Waals surface area contributed by atoms with Crippen LogP contribution in [0.4, 0.5) is 0 Å². The Kier molecular flexibility index (Phi) is 11.7. The van der Waals surface area contributed by atoms with Gasteiger partial charge in [-0.25, -0.2) is 0 Å². The van der Waals surface area contributed by atoms with Gasteiger partial charge in [-0.3, -0.25) is 9.59 Å². The van der Waals surface area contributed by atoms with Crippen molar-refractivity contribution in [2.75, 3.05) is 6.54 Å². The second-order valence-electron chi connectivity index (χ2n) is 12.4. The number of nitrogens with one attached hydrogen (secondary N) is 2. The van der Waals surface area contributed by atoms with Gasteiger partial charge in [0.05, 0.1) is 48.6 Å². The number of carbonyl (C=O) groups excluding carboxylic acids is 2. The molecule has 9 N–H and O–H groups in total. The minimum atomic E-state index is -1.94. The molecule has 3 heterocycles. The maximum atomic E-state index is 13.4. The van der Waals surface area contributed by atoms with Gasteiger partial charge in [0, 0.05) is 25.8 Å². The Morgan fingerprint density at radius 2 is 1.90 bits per heavy atom. The molecule has 41 heavy (non-hydrogen) atoms. The Bertz CT molecular complexity index is 920. The van der Waals surface area contributed by atoms with Gasteiger partial charge in [-0.1, -0.05) is 39.8 Å². The SMILES string of the molecule is CC(C)/C=C/C(C[C@@H]1OC(O)(CC(O)C(C)C)C[C@H](O)C1C(=O)N[C@@H]1CCNC1=O)OC1OC(C)C(O)C(N)C1O. The number of hydrogen-bond donors (Lipinski definition) is 8. The monoisotopic (exact) mass is 587 g/mol. The Morgan fingerprint density at radius 3 is 2.49 bits per heavy atom. The largest absolute Gasteiger partial charge is 0.393 e. The van der Waals surface area contributed by atoms with Crippen LogP contribution in [0.15, 0.2) is 12.2 Å². The second-order valence-corrected chi connectivity index (χ2v) is 12.4.